The van der Waals surface area contributed by atoms with Crippen LogP contribution in [0.5, 0.6) is 5.75 Å². The number of ether oxygens (including phenoxy) is 1. The molecule has 0 spiro atoms. The van der Waals surface area contributed by atoms with E-state index in [0.717, 1.165) is 11.1 Å². The number of benzene rings is 3. The zero-order chi connectivity index (χ0) is 21.9. The van der Waals surface area contributed by atoms with E-state index in [1.54, 1.807) is 25.3 Å². The van der Waals surface area contributed by atoms with E-state index in [0.29, 0.717) is 46.1 Å². The van der Waals surface area contributed by atoms with E-state index in [2.05, 4.69) is 15.5 Å². The number of carbonyl (C=O) groups is 1. The first-order chi connectivity index (χ1) is 15.7. The van der Waals surface area contributed by atoms with Crippen molar-refractivity contribution < 1.29 is 18.5 Å². The van der Waals surface area contributed by atoms with Crippen LogP contribution in [0.15, 0.2) is 88.0 Å². The number of fused-ring (bicyclic) bond motifs is 1. The van der Waals surface area contributed by atoms with Crippen molar-refractivity contribution in [2.75, 3.05) is 7.11 Å². The Labute approximate surface area is 183 Å². The standard InChI is InChI=1S/C25H19N3O4/c1-30-19-9-5-8-18(12-19)25-27-21(15-31-25)23-20-13-17(10-11-22(20)32-28-23)24(29)26-14-16-6-3-2-4-7-16/h2-13,15H,14H2,1H3,(H,26,29). The highest BCUT2D eigenvalue weighted by atomic mass is 16.5. The maximum absolute atomic E-state index is 12.7. The second kappa shape index (κ2) is 8.39. The number of amides is 1. The molecule has 0 saturated heterocycles. The van der Waals surface area contributed by atoms with Gasteiger partial charge in [0.1, 0.15) is 23.4 Å². The number of aromatic nitrogens is 2. The molecule has 0 aliphatic heterocycles. The first-order valence-electron chi connectivity index (χ1n) is 10.0. The third-order valence-electron chi connectivity index (χ3n) is 5.09. The number of nitrogens with zero attached hydrogens (tertiary/aromatic N) is 2. The molecule has 7 nitrogen and oxygen atoms in total. The molecule has 32 heavy (non-hydrogen) atoms. The van der Waals surface area contributed by atoms with Crippen LogP contribution in [0, 0.1) is 0 Å². The average Bonchev–Trinajstić information content (AvgIpc) is 3.50. The number of oxazole rings is 1. The molecule has 1 amide bonds. The summed E-state index contributed by atoms with van der Waals surface area (Å²) >= 11 is 0. The van der Waals surface area contributed by atoms with Crippen LogP contribution in [-0.2, 0) is 6.54 Å². The lowest BCUT2D eigenvalue weighted by Crippen LogP contribution is -2.22. The predicted molar refractivity (Wildman–Crippen MR) is 119 cm³/mol. The highest BCUT2D eigenvalue weighted by molar-refractivity contribution is 6.00. The molecular weight excluding hydrogens is 406 g/mol. The highest BCUT2D eigenvalue weighted by Crippen LogP contribution is 2.31. The molecule has 0 fully saturated rings. The lowest BCUT2D eigenvalue weighted by atomic mass is 10.1. The molecule has 0 unspecified atom stereocenters. The molecule has 2 aromatic heterocycles. The molecule has 0 aliphatic rings. The first-order valence-corrected chi connectivity index (χ1v) is 10.0. The molecule has 158 valence electrons. The van der Waals surface area contributed by atoms with Gasteiger partial charge in [0.15, 0.2) is 5.58 Å². The van der Waals surface area contributed by atoms with Gasteiger partial charge in [0.2, 0.25) is 5.89 Å². The van der Waals surface area contributed by atoms with Gasteiger partial charge in [-0.25, -0.2) is 4.98 Å². The van der Waals surface area contributed by atoms with Gasteiger partial charge in [-0.3, -0.25) is 4.79 Å². The summed E-state index contributed by atoms with van der Waals surface area (Å²) in [6.07, 6.45) is 1.52. The van der Waals surface area contributed by atoms with E-state index in [9.17, 15) is 4.79 Å². The minimum absolute atomic E-state index is 0.180. The van der Waals surface area contributed by atoms with Crippen molar-refractivity contribution >= 4 is 16.9 Å². The molecule has 0 radical (unpaired) electrons. The third kappa shape index (κ3) is 3.83. The fourth-order valence-electron chi connectivity index (χ4n) is 3.42. The van der Waals surface area contributed by atoms with Gasteiger partial charge in [-0.2, -0.15) is 0 Å². The summed E-state index contributed by atoms with van der Waals surface area (Å²) in [5.41, 5.74) is 3.91. The number of rotatable bonds is 6. The highest BCUT2D eigenvalue weighted by Gasteiger charge is 2.18. The van der Waals surface area contributed by atoms with Crippen molar-refractivity contribution in [2.24, 2.45) is 0 Å². The largest absolute Gasteiger partial charge is 0.497 e. The van der Waals surface area contributed by atoms with Crippen LogP contribution >= 0.6 is 0 Å². The second-order valence-corrected chi connectivity index (χ2v) is 7.18. The van der Waals surface area contributed by atoms with E-state index in [1.807, 2.05) is 54.6 Å². The average molecular weight is 425 g/mol. The van der Waals surface area contributed by atoms with E-state index < -0.39 is 0 Å². The number of hydrogen-bond acceptors (Lipinski definition) is 6. The molecule has 0 atom stereocenters. The predicted octanol–water partition coefficient (Wildman–Crippen LogP) is 5.09. The topological polar surface area (TPSA) is 90.4 Å². The molecule has 1 N–H and O–H groups in total. The molecule has 2 heterocycles. The van der Waals surface area contributed by atoms with Gasteiger partial charge >= 0.3 is 0 Å². The Bertz CT molecular complexity index is 1390. The minimum Gasteiger partial charge on any atom is -0.497 e. The van der Waals surface area contributed by atoms with Gasteiger partial charge in [-0.05, 0) is 42.0 Å². The quantitative estimate of drug-likeness (QED) is 0.408. The number of carbonyl (C=O) groups excluding carboxylic acids is 1. The Morgan fingerprint density at radius 3 is 2.75 bits per heavy atom. The molecule has 0 aliphatic carbocycles. The van der Waals surface area contributed by atoms with Crippen LogP contribution in [0.3, 0.4) is 0 Å². The Hall–Kier alpha value is -4.39. The molecule has 0 bridgehead atoms. The van der Waals surface area contributed by atoms with E-state index in [1.165, 1.54) is 6.26 Å². The van der Waals surface area contributed by atoms with Crippen LogP contribution in [0.2, 0.25) is 0 Å². The van der Waals surface area contributed by atoms with Crippen molar-refractivity contribution in [3.05, 3.63) is 90.2 Å². The van der Waals surface area contributed by atoms with Gasteiger partial charge in [-0.15, -0.1) is 0 Å². The van der Waals surface area contributed by atoms with E-state index in [-0.39, 0.29) is 5.91 Å². The van der Waals surface area contributed by atoms with E-state index >= 15 is 0 Å². The van der Waals surface area contributed by atoms with Crippen molar-refractivity contribution in [1.82, 2.24) is 15.5 Å². The Balaban J connectivity index is 1.42. The lowest BCUT2D eigenvalue weighted by Gasteiger charge is -2.05. The van der Waals surface area contributed by atoms with Crippen molar-refractivity contribution in [1.29, 1.82) is 0 Å². The summed E-state index contributed by atoms with van der Waals surface area (Å²) in [4.78, 5) is 17.2. The zero-order valence-electron chi connectivity index (χ0n) is 17.2. The molecule has 5 rings (SSSR count). The monoisotopic (exact) mass is 425 g/mol. The zero-order valence-corrected chi connectivity index (χ0v) is 17.2. The maximum atomic E-state index is 12.7. The van der Waals surface area contributed by atoms with Crippen LogP contribution in [0.25, 0.3) is 33.8 Å². The fourth-order valence-corrected chi connectivity index (χ4v) is 3.42. The van der Waals surface area contributed by atoms with Gasteiger partial charge in [-0.1, -0.05) is 41.6 Å². The second-order valence-electron chi connectivity index (χ2n) is 7.18. The summed E-state index contributed by atoms with van der Waals surface area (Å²) in [5.74, 6) is 0.965. The minimum atomic E-state index is -0.180. The SMILES string of the molecule is COc1cccc(-c2nc(-c3noc4ccc(C(=O)NCc5ccccc5)cc34)co2)c1. The van der Waals surface area contributed by atoms with Gasteiger partial charge in [0.05, 0.1) is 12.5 Å². The Morgan fingerprint density at radius 1 is 1.03 bits per heavy atom. The van der Waals surface area contributed by atoms with Gasteiger partial charge < -0.3 is 19.0 Å². The summed E-state index contributed by atoms with van der Waals surface area (Å²) in [5, 5.41) is 7.76. The van der Waals surface area contributed by atoms with E-state index in [4.69, 9.17) is 13.7 Å². The summed E-state index contributed by atoms with van der Waals surface area (Å²) in [6.45, 7) is 0.446. The van der Waals surface area contributed by atoms with Crippen molar-refractivity contribution in [2.45, 2.75) is 6.54 Å². The van der Waals surface area contributed by atoms with Crippen molar-refractivity contribution in [3.8, 4) is 28.6 Å². The molecule has 5 aromatic rings. The lowest BCUT2D eigenvalue weighted by molar-refractivity contribution is 0.0951. The summed E-state index contributed by atoms with van der Waals surface area (Å²) in [6, 6.07) is 22.4. The summed E-state index contributed by atoms with van der Waals surface area (Å²) in [7, 11) is 1.61. The van der Waals surface area contributed by atoms with Crippen LogP contribution < -0.4 is 10.1 Å². The molecular formula is C25H19N3O4. The van der Waals surface area contributed by atoms with Crippen LogP contribution in [0.1, 0.15) is 15.9 Å². The van der Waals surface area contributed by atoms with Crippen LogP contribution in [0.4, 0.5) is 0 Å². The van der Waals surface area contributed by atoms with Gasteiger partial charge in [0.25, 0.3) is 5.91 Å². The third-order valence-corrected chi connectivity index (χ3v) is 5.09. The Morgan fingerprint density at radius 2 is 1.91 bits per heavy atom. The molecule has 0 saturated carbocycles. The first kappa shape index (κ1) is 19.6. The van der Waals surface area contributed by atoms with Gasteiger partial charge in [0, 0.05) is 17.7 Å². The molecule has 3 aromatic carbocycles. The number of hydrogen-bond donors (Lipinski definition) is 1. The normalized spacial score (nSPS) is 10.9. The fraction of sp³-hybridized carbons (Fsp3) is 0.0800. The summed E-state index contributed by atoms with van der Waals surface area (Å²) < 4.78 is 16.4. The van der Waals surface area contributed by atoms with Crippen LogP contribution in [-0.4, -0.2) is 23.2 Å². The van der Waals surface area contributed by atoms with Crippen molar-refractivity contribution in [3.63, 3.8) is 0 Å². The number of nitrogens with one attached hydrogen (secondary N) is 1. The molecule has 7 heteroatoms. The maximum Gasteiger partial charge on any atom is 0.251 e. The Kier molecular flexibility index (Phi) is 5.13. The smallest absolute Gasteiger partial charge is 0.251 e. The number of methoxy groups -OCH3 is 1.